The van der Waals surface area contributed by atoms with Crippen LogP contribution in [-0.2, 0) is 31.0 Å². The van der Waals surface area contributed by atoms with Crippen molar-refractivity contribution in [3.63, 3.8) is 0 Å². The van der Waals surface area contributed by atoms with Crippen molar-refractivity contribution < 1.29 is 42.9 Å². The Balaban J connectivity index is 1.49. The third kappa shape index (κ3) is 9.93. The van der Waals surface area contributed by atoms with Gasteiger partial charge in [-0.15, -0.1) is 0 Å². The number of alkyl carbamates (subject to hydrolysis) is 1. The van der Waals surface area contributed by atoms with E-state index in [-0.39, 0.29) is 18.4 Å². The number of aliphatic carboxylic acids is 1. The van der Waals surface area contributed by atoms with Gasteiger partial charge in [0.05, 0.1) is 6.10 Å². The molecule has 1 aliphatic rings. The lowest BCUT2D eigenvalue weighted by Crippen LogP contribution is -2.47. The molecular formula is C31H41F2N5O7. The molecule has 0 spiro atoms. The molecule has 3 rings (SSSR count). The maximum absolute atomic E-state index is 13.8. The fraction of sp³-hybridized carbons (Fsp3) is 0.484. The molecule has 0 saturated heterocycles. The first-order chi connectivity index (χ1) is 21.0. The number of carboxylic acids is 1. The molecule has 2 aromatic carbocycles. The van der Waals surface area contributed by atoms with E-state index < -0.39 is 64.7 Å². The van der Waals surface area contributed by atoms with Crippen LogP contribution in [0.1, 0.15) is 49.9 Å². The molecule has 0 aliphatic heterocycles. The Bertz CT molecular complexity index is 1370. The number of carbonyl (C=O) groups is 4. The highest BCUT2D eigenvalue weighted by molar-refractivity contribution is 5.95. The molecule has 246 valence electrons. The molecule has 0 bridgehead atoms. The minimum absolute atomic E-state index is 0.0763. The van der Waals surface area contributed by atoms with E-state index in [2.05, 4.69) is 16.0 Å². The molecule has 1 saturated carbocycles. The summed E-state index contributed by atoms with van der Waals surface area (Å²) in [6.45, 7) is 7.04. The number of aliphatic hydroxyl groups is 1. The van der Waals surface area contributed by atoms with Crippen LogP contribution in [-0.4, -0.2) is 90.0 Å². The van der Waals surface area contributed by atoms with Crippen LogP contribution >= 0.6 is 0 Å². The summed E-state index contributed by atoms with van der Waals surface area (Å²) in [7, 11) is 1.84. The Morgan fingerprint density at radius 1 is 1.04 bits per heavy atom. The first-order valence-electron chi connectivity index (χ1n) is 14.5. The lowest BCUT2D eigenvalue weighted by Gasteiger charge is -2.21. The van der Waals surface area contributed by atoms with Crippen molar-refractivity contribution in [3.8, 4) is 0 Å². The zero-order chi connectivity index (χ0) is 33.5. The lowest BCUT2D eigenvalue weighted by molar-refractivity contribution is -0.142. The number of amides is 3. The number of benzene rings is 2. The number of nitrogens with two attached hydrogens (primary N) is 1. The van der Waals surface area contributed by atoms with Crippen LogP contribution in [0.15, 0.2) is 42.5 Å². The largest absolute Gasteiger partial charge is 0.480 e. The van der Waals surface area contributed by atoms with Gasteiger partial charge in [0.15, 0.2) is 0 Å². The number of aliphatic hydroxyl groups excluding tert-OH is 1. The molecular weight excluding hydrogens is 592 g/mol. The van der Waals surface area contributed by atoms with Gasteiger partial charge in [-0.1, -0.05) is 24.3 Å². The van der Waals surface area contributed by atoms with Crippen LogP contribution in [0.3, 0.4) is 0 Å². The second-order valence-corrected chi connectivity index (χ2v) is 12.2. The summed E-state index contributed by atoms with van der Waals surface area (Å²) >= 11 is 0. The Morgan fingerprint density at radius 3 is 2.11 bits per heavy atom. The van der Waals surface area contributed by atoms with Crippen molar-refractivity contribution in [1.29, 1.82) is 0 Å². The fourth-order valence-corrected chi connectivity index (χ4v) is 4.73. The summed E-state index contributed by atoms with van der Waals surface area (Å²) in [6, 6.07) is 6.45. The van der Waals surface area contributed by atoms with Crippen LogP contribution in [0.2, 0.25) is 0 Å². The van der Waals surface area contributed by atoms with E-state index in [1.165, 1.54) is 0 Å². The average Bonchev–Trinajstić information content (AvgIpc) is 3.63. The van der Waals surface area contributed by atoms with Gasteiger partial charge in [0, 0.05) is 38.7 Å². The molecule has 4 atom stereocenters. The summed E-state index contributed by atoms with van der Waals surface area (Å²) in [5.41, 5.74) is 4.80. The molecule has 7 N–H and O–H groups in total. The van der Waals surface area contributed by atoms with E-state index in [0.717, 1.165) is 12.1 Å². The van der Waals surface area contributed by atoms with E-state index in [9.17, 15) is 38.2 Å². The van der Waals surface area contributed by atoms with Gasteiger partial charge in [0.2, 0.25) is 11.8 Å². The highest BCUT2D eigenvalue weighted by Crippen LogP contribution is 2.49. The SMILES string of the molecule is CN(CCNC(=O)OC(C)(C)C)CCNC(=O)[C@@H](N)c1ccc(CC(NC(=O)C2(c3cc(F)cc(F)c3)CC2O)C(=O)O)cc1. The Hall–Kier alpha value is -4.14. The number of ether oxygens (including phenoxy) is 1. The molecule has 14 heteroatoms. The first-order valence-corrected chi connectivity index (χ1v) is 14.5. The van der Waals surface area contributed by atoms with E-state index >= 15 is 0 Å². The van der Waals surface area contributed by atoms with Crippen LogP contribution in [0.25, 0.3) is 0 Å². The van der Waals surface area contributed by atoms with E-state index in [4.69, 9.17) is 10.5 Å². The minimum Gasteiger partial charge on any atom is -0.480 e. The predicted octanol–water partition coefficient (Wildman–Crippen LogP) is 1.35. The monoisotopic (exact) mass is 633 g/mol. The molecule has 12 nitrogen and oxygen atoms in total. The fourth-order valence-electron chi connectivity index (χ4n) is 4.73. The summed E-state index contributed by atoms with van der Waals surface area (Å²) in [4.78, 5) is 51.3. The van der Waals surface area contributed by atoms with Crippen LogP contribution in [0, 0.1) is 11.6 Å². The number of hydrogen-bond acceptors (Lipinski definition) is 8. The van der Waals surface area contributed by atoms with Gasteiger partial charge in [-0.05, 0) is 63.1 Å². The zero-order valence-corrected chi connectivity index (χ0v) is 25.7. The van der Waals surface area contributed by atoms with Crippen molar-refractivity contribution in [2.75, 3.05) is 33.2 Å². The van der Waals surface area contributed by atoms with Crippen LogP contribution in [0.5, 0.6) is 0 Å². The highest BCUT2D eigenvalue weighted by atomic mass is 19.1. The number of nitrogens with zero attached hydrogens (tertiary/aromatic N) is 1. The predicted molar refractivity (Wildman–Crippen MR) is 160 cm³/mol. The minimum atomic E-state index is -1.65. The maximum Gasteiger partial charge on any atom is 0.407 e. The number of likely N-dealkylation sites (N-methyl/N-ethyl adjacent to an activating group) is 1. The number of hydrogen-bond donors (Lipinski definition) is 6. The van der Waals surface area contributed by atoms with Crippen molar-refractivity contribution in [2.24, 2.45) is 5.73 Å². The molecule has 1 fully saturated rings. The molecule has 1 aliphatic carbocycles. The zero-order valence-electron chi connectivity index (χ0n) is 25.7. The quantitative estimate of drug-likeness (QED) is 0.179. The van der Waals surface area contributed by atoms with Gasteiger partial charge in [0.25, 0.3) is 0 Å². The van der Waals surface area contributed by atoms with Crippen LogP contribution in [0.4, 0.5) is 13.6 Å². The smallest absolute Gasteiger partial charge is 0.407 e. The molecule has 0 aromatic heterocycles. The van der Waals surface area contributed by atoms with Crippen molar-refractivity contribution in [2.45, 2.75) is 62.8 Å². The lowest BCUT2D eigenvalue weighted by atomic mass is 9.93. The summed E-state index contributed by atoms with van der Waals surface area (Å²) in [5.74, 6) is -4.46. The maximum atomic E-state index is 13.8. The normalized spacial score (nSPS) is 18.9. The van der Waals surface area contributed by atoms with E-state index in [1.807, 2.05) is 11.9 Å². The van der Waals surface area contributed by atoms with Crippen molar-refractivity contribution >= 4 is 23.9 Å². The van der Waals surface area contributed by atoms with Gasteiger partial charge in [-0.3, -0.25) is 9.59 Å². The Labute approximate surface area is 260 Å². The number of carboxylic acid groups (broad SMARTS) is 1. The number of carbonyl (C=O) groups excluding carboxylic acids is 3. The Kier molecular flexibility index (Phi) is 11.6. The number of nitrogens with one attached hydrogen (secondary N) is 3. The molecule has 2 aromatic rings. The van der Waals surface area contributed by atoms with Gasteiger partial charge in [-0.25, -0.2) is 18.4 Å². The third-order valence-electron chi connectivity index (χ3n) is 7.33. The molecule has 45 heavy (non-hydrogen) atoms. The highest BCUT2D eigenvalue weighted by Gasteiger charge is 2.61. The van der Waals surface area contributed by atoms with Crippen molar-refractivity contribution in [3.05, 3.63) is 70.8 Å². The van der Waals surface area contributed by atoms with E-state index in [1.54, 1.807) is 45.0 Å². The summed E-state index contributed by atoms with van der Waals surface area (Å²) in [5, 5.41) is 27.8. The first kappa shape index (κ1) is 35.3. The molecule has 0 radical (unpaired) electrons. The topological polar surface area (TPSA) is 183 Å². The second kappa shape index (κ2) is 14.8. The summed E-state index contributed by atoms with van der Waals surface area (Å²) < 4.78 is 32.8. The number of rotatable bonds is 14. The van der Waals surface area contributed by atoms with Crippen LogP contribution < -0.4 is 21.7 Å². The van der Waals surface area contributed by atoms with Gasteiger partial charge >= 0.3 is 12.1 Å². The summed E-state index contributed by atoms with van der Waals surface area (Å²) in [6.07, 6.45) is -1.97. The molecule has 3 unspecified atom stereocenters. The molecule has 0 heterocycles. The standard InChI is InChI=1S/C31H41F2N5O7/c1-30(2,3)45-29(44)36-10-12-38(4)11-9-35-26(40)25(34)19-7-5-18(6-8-19)13-23(27(41)42)37-28(43)31(17-24(31)39)20-14-21(32)16-22(33)15-20/h5-8,14-16,23-25,39H,9-13,17,34H2,1-4H3,(H,35,40)(H,36,44)(H,37,43)(H,41,42)/t23?,24?,25-,31?/m0/s1. The number of halogens is 2. The second-order valence-electron chi connectivity index (χ2n) is 12.2. The van der Waals surface area contributed by atoms with Gasteiger partial charge in [-0.2, -0.15) is 0 Å². The average molecular weight is 634 g/mol. The Morgan fingerprint density at radius 2 is 1.60 bits per heavy atom. The van der Waals surface area contributed by atoms with Crippen molar-refractivity contribution in [1.82, 2.24) is 20.9 Å². The third-order valence-corrected chi connectivity index (χ3v) is 7.33. The molecule has 3 amide bonds. The van der Waals surface area contributed by atoms with Gasteiger partial charge < -0.3 is 41.5 Å². The van der Waals surface area contributed by atoms with E-state index in [0.29, 0.717) is 43.4 Å². The van der Waals surface area contributed by atoms with Gasteiger partial charge in [0.1, 0.15) is 34.7 Å².